The summed E-state index contributed by atoms with van der Waals surface area (Å²) in [6.07, 6.45) is 1.84. The van der Waals surface area contributed by atoms with Gasteiger partial charge in [-0.3, -0.25) is 4.57 Å². The highest BCUT2D eigenvalue weighted by Crippen LogP contribution is 2.46. The van der Waals surface area contributed by atoms with Crippen LogP contribution in [-0.2, 0) is 18.4 Å². The van der Waals surface area contributed by atoms with Crippen LogP contribution in [0.5, 0.6) is 0 Å². The van der Waals surface area contributed by atoms with Gasteiger partial charge in [-0.15, -0.1) is 5.10 Å². The molecule has 0 bridgehead atoms. The zero-order valence-corrected chi connectivity index (χ0v) is 20.8. The van der Waals surface area contributed by atoms with E-state index in [1.807, 2.05) is 24.3 Å². The Balaban J connectivity index is 1.51. The number of hydrogen-bond acceptors (Lipinski definition) is 5. The molecule has 6 rings (SSSR count). The van der Waals surface area contributed by atoms with E-state index in [4.69, 9.17) is 28.3 Å². The van der Waals surface area contributed by atoms with Crippen molar-refractivity contribution in [3.05, 3.63) is 110 Å². The first kappa shape index (κ1) is 23.0. The predicted molar refractivity (Wildman–Crippen MR) is 142 cm³/mol. The summed E-state index contributed by atoms with van der Waals surface area (Å²) in [5, 5.41) is 22.5. The van der Waals surface area contributed by atoms with Gasteiger partial charge in [0.2, 0.25) is 5.95 Å². The lowest BCUT2D eigenvalue weighted by atomic mass is 9.75. The minimum absolute atomic E-state index is 0.105. The number of hydrogen-bond donors (Lipinski definition) is 1. The van der Waals surface area contributed by atoms with Gasteiger partial charge in [0, 0.05) is 10.0 Å². The third kappa shape index (κ3) is 3.66. The average molecular weight is 520 g/mol. The number of fused-ring (bicyclic) bond motifs is 2. The first-order chi connectivity index (χ1) is 17.5. The molecule has 3 aromatic carbocycles. The number of benzene rings is 3. The molecule has 4 aromatic rings. The number of aromatic nitrogens is 3. The lowest BCUT2D eigenvalue weighted by molar-refractivity contribution is 0.274. The van der Waals surface area contributed by atoms with Crippen LogP contribution in [0.2, 0.25) is 10.0 Å². The van der Waals surface area contributed by atoms with Crippen molar-refractivity contribution in [3.63, 3.8) is 0 Å². The lowest BCUT2D eigenvalue weighted by Gasteiger charge is -2.27. The molecule has 36 heavy (non-hydrogen) atoms. The Kier molecular flexibility index (Phi) is 5.71. The van der Waals surface area contributed by atoms with Crippen molar-refractivity contribution >= 4 is 34.9 Å². The van der Waals surface area contributed by atoms with Crippen molar-refractivity contribution in [1.29, 1.82) is 0 Å². The number of aliphatic hydroxyl groups is 1. The minimum atomic E-state index is -0.353. The average Bonchev–Trinajstić information content (AvgIpc) is 3.56. The highest BCUT2D eigenvalue weighted by Gasteiger charge is 2.49. The Bertz CT molecular complexity index is 1530. The molecule has 0 saturated carbocycles. The van der Waals surface area contributed by atoms with E-state index in [1.54, 1.807) is 29.3 Å². The van der Waals surface area contributed by atoms with Crippen LogP contribution in [0.15, 0.2) is 82.7 Å². The molecule has 182 valence electrons. The molecule has 0 fully saturated rings. The molecule has 2 heterocycles. The molecule has 0 unspecified atom stereocenters. The topological polar surface area (TPSA) is 75.7 Å². The van der Waals surface area contributed by atoms with E-state index >= 15 is 0 Å². The largest absolute Gasteiger partial charge is 0.395 e. The molecule has 1 spiro atoms. The third-order valence-electron chi connectivity index (χ3n) is 7.03. The SMILES string of the molecule is O=c1n(-c2ccc(Cl)cc2)nc(N2C[C@@]3(CCc4ccccc43)C(c3ccc(Cl)cc3)=N2)n1CCO. The summed E-state index contributed by atoms with van der Waals surface area (Å²) in [5.41, 5.74) is 4.34. The maximum atomic E-state index is 13.4. The van der Waals surface area contributed by atoms with Gasteiger partial charge >= 0.3 is 5.69 Å². The summed E-state index contributed by atoms with van der Waals surface area (Å²) in [6.45, 7) is 0.437. The van der Waals surface area contributed by atoms with Crippen molar-refractivity contribution in [2.45, 2.75) is 24.8 Å². The summed E-state index contributed by atoms with van der Waals surface area (Å²) in [6, 6.07) is 23.1. The van der Waals surface area contributed by atoms with Crippen LogP contribution in [0.3, 0.4) is 0 Å². The van der Waals surface area contributed by atoms with Crippen molar-refractivity contribution < 1.29 is 5.11 Å². The second kappa shape index (κ2) is 8.92. The van der Waals surface area contributed by atoms with Gasteiger partial charge < -0.3 is 5.11 Å². The Morgan fingerprint density at radius 2 is 1.64 bits per heavy atom. The second-order valence-electron chi connectivity index (χ2n) is 9.10. The number of aliphatic hydroxyl groups excluding tert-OH is 1. The van der Waals surface area contributed by atoms with E-state index in [1.165, 1.54) is 20.4 Å². The molecule has 7 nitrogen and oxygen atoms in total. The second-order valence-corrected chi connectivity index (χ2v) is 9.97. The number of nitrogens with zero attached hydrogens (tertiary/aromatic N) is 5. The van der Waals surface area contributed by atoms with Crippen LogP contribution in [0.4, 0.5) is 5.95 Å². The number of halogens is 2. The van der Waals surface area contributed by atoms with E-state index in [0.717, 1.165) is 24.1 Å². The van der Waals surface area contributed by atoms with E-state index in [0.29, 0.717) is 28.2 Å². The van der Waals surface area contributed by atoms with Crippen LogP contribution < -0.4 is 10.7 Å². The molecule has 2 aliphatic rings. The van der Waals surface area contributed by atoms with Gasteiger partial charge in [0.25, 0.3) is 0 Å². The van der Waals surface area contributed by atoms with Gasteiger partial charge in [0.1, 0.15) is 0 Å². The molecule has 1 aliphatic carbocycles. The smallest absolute Gasteiger partial charge is 0.352 e. The molecule has 1 atom stereocenters. The van der Waals surface area contributed by atoms with Gasteiger partial charge in [0.15, 0.2) is 0 Å². The zero-order chi connectivity index (χ0) is 24.9. The van der Waals surface area contributed by atoms with Crippen LogP contribution >= 0.6 is 23.2 Å². The molecule has 0 radical (unpaired) electrons. The van der Waals surface area contributed by atoms with Gasteiger partial charge in [-0.25, -0.2) is 9.80 Å². The predicted octanol–water partition coefficient (Wildman–Crippen LogP) is 4.44. The fraction of sp³-hybridized carbons (Fsp3) is 0.222. The van der Waals surface area contributed by atoms with Gasteiger partial charge in [0.05, 0.1) is 36.5 Å². The molecule has 1 aliphatic heterocycles. The highest BCUT2D eigenvalue weighted by atomic mass is 35.5. The fourth-order valence-corrected chi connectivity index (χ4v) is 5.61. The van der Waals surface area contributed by atoms with Crippen molar-refractivity contribution in [1.82, 2.24) is 14.3 Å². The first-order valence-corrected chi connectivity index (χ1v) is 12.5. The number of anilines is 1. The molecular weight excluding hydrogens is 497 g/mol. The Morgan fingerprint density at radius 3 is 2.36 bits per heavy atom. The monoisotopic (exact) mass is 519 g/mol. The van der Waals surface area contributed by atoms with Crippen molar-refractivity contribution in [2.24, 2.45) is 5.10 Å². The fourth-order valence-electron chi connectivity index (χ4n) is 5.36. The zero-order valence-electron chi connectivity index (χ0n) is 19.3. The first-order valence-electron chi connectivity index (χ1n) is 11.8. The third-order valence-corrected chi connectivity index (χ3v) is 7.54. The van der Waals surface area contributed by atoms with Crippen LogP contribution in [0.25, 0.3) is 5.69 Å². The summed E-state index contributed by atoms with van der Waals surface area (Å²) < 4.78 is 2.80. The Hall–Kier alpha value is -3.39. The summed E-state index contributed by atoms with van der Waals surface area (Å²) in [5.74, 6) is 0.386. The molecule has 0 saturated heterocycles. The maximum Gasteiger partial charge on any atom is 0.352 e. The molecule has 9 heteroatoms. The quantitative estimate of drug-likeness (QED) is 0.422. The maximum absolute atomic E-state index is 13.4. The van der Waals surface area contributed by atoms with Crippen molar-refractivity contribution in [3.8, 4) is 5.69 Å². The molecular formula is C27H23Cl2N5O2. The van der Waals surface area contributed by atoms with Crippen molar-refractivity contribution in [2.75, 3.05) is 18.2 Å². The van der Waals surface area contributed by atoms with E-state index in [9.17, 15) is 9.90 Å². The van der Waals surface area contributed by atoms with E-state index in [-0.39, 0.29) is 24.3 Å². The summed E-state index contributed by atoms with van der Waals surface area (Å²) >= 11 is 12.2. The summed E-state index contributed by atoms with van der Waals surface area (Å²) in [7, 11) is 0. The minimum Gasteiger partial charge on any atom is -0.395 e. The number of hydrazone groups is 1. The number of aryl methyl sites for hydroxylation is 1. The standard InChI is InChI=1S/C27H23Cl2N5O2/c28-20-7-5-19(6-8-20)24-27(14-13-18-3-1-2-4-23(18)27)17-33(30-24)25-31-34(26(36)32(25)15-16-35)22-11-9-21(29)10-12-22/h1-12,35H,13-17H2/t27-/m1/s1. The summed E-state index contributed by atoms with van der Waals surface area (Å²) in [4.78, 5) is 13.4. The van der Waals surface area contributed by atoms with Gasteiger partial charge in [-0.05, 0) is 65.9 Å². The normalized spacial score (nSPS) is 18.6. The van der Waals surface area contributed by atoms with Crippen LogP contribution in [0, 0.1) is 0 Å². The van der Waals surface area contributed by atoms with Gasteiger partial charge in [-0.1, -0.05) is 59.6 Å². The molecule has 1 aromatic heterocycles. The molecule has 1 N–H and O–H groups in total. The lowest BCUT2D eigenvalue weighted by Crippen LogP contribution is -2.37. The number of rotatable bonds is 5. The Morgan fingerprint density at radius 1 is 0.944 bits per heavy atom. The molecule has 0 amide bonds. The Labute approximate surface area is 217 Å². The highest BCUT2D eigenvalue weighted by molar-refractivity contribution is 6.31. The van der Waals surface area contributed by atoms with E-state index in [2.05, 4.69) is 29.4 Å². The van der Waals surface area contributed by atoms with Crippen LogP contribution in [0.1, 0.15) is 23.1 Å². The van der Waals surface area contributed by atoms with E-state index < -0.39 is 0 Å². The van der Waals surface area contributed by atoms with Crippen LogP contribution in [-0.4, -0.2) is 38.3 Å². The van der Waals surface area contributed by atoms with Gasteiger partial charge in [-0.2, -0.15) is 9.78 Å².